The Morgan fingerprint density at radius 2 is 2.00 bits per heavy atom. The lowest BCUT2D eigenvalue weighted by Crippen LogP contribution is -2.27. The molecule has 2 N–H and O–H groups in total. The quantitative estimate of drug-likeness (QED) is 0.710. The van der Waals surface area contributed by atoms with Crippen LogP contribution in [-0.4, -0.2) is 17.6 Å². The van der Waals surface area contributed by atoms with E-state index in [1.54, 1.807) is 36.4 Å². The summed E-state index contributed by atoms with van der Waals surface area (Å²) in [6.45, 7) is 5.10. The van der Waals surface area contributed by atoms with Gasteiger partial charge < -0.3 is 10.4 Å². The zero-order chi connectivity index (χ0) is 14.8. The Morgan fingerprint density at radius 1 is 1.30 bits per heavy atom. The number of aromatic hydroxyl groups is 1. The fourth-order valence-corrected chi connectivity index (χ4v) is 2.00. The second kappa shape index (κ2) is 9.18. The summed E-state index contributed by atoms with van der Waals surface area (Å²) in [7, 11) is 0. The standard InChI is InChI=1S/C17H25NO2/c1-3-5-6-14(4-2)13-18-17(20)12-9-15-7-10-16(19)11-8-15/h7-12,14,19H,3-6,13H2,1-2H3,(H,18,20). The van der Waals surface area contributed by atoms with Crippen molar-refractivity contribution in [2.24, 2.45) is 5.92 Å². The monoisotopic (exact) mass is 275 g/mol. The third kappa shape index (κ3) is 6.41. The van der Waals surface area contributed by atoms with Crippen molar-refractivity contribution in [1.29, 1.82) is 0 Å². The minimum absolute atomic E-state index is 0.0620. The molecule has 1 atom stereocenters. The number of rotatable bonds is 8. The Labute approximate surface area is 121 Å². The zero-order valence-corrected chi connectivity index (χ0v) is 12.4. The van der Waals surface area contributed by atoms with Gasteiger partial charge in [-0.1, -0.05) is 45.2 Å². The van der Waals surface area contributed by atoms with E-state index in [1.807, 2.05) is 0 Å². The molecule has 0 saturated carbocycles. The molecule has 0 spiro atoms. The van der Waals surface area contributed by atoms with Gasteiger partial charge in [-0.3, -0.25) is 4.79 Å². The fraction of sp³-hybridized carbons (Fsp3) is 0.471. The first-order valence-corrected chi connectivity index (χ1v) is 7.40. The number of hydrogen-bond donors (Lipinski definition) is 2. The van der Waals surface area contributed by atoms with Crippen LogP contribution in [0.25, 0.3) is 6.08 Å². The molecule has 1 rings (SSSR count). The van der Waals surface area contributed by atoms with Crippen LogP contribution < -0.4 is 5.32 Å². The molecule has 110 valence electrons. The van der Waals surface area contributed by atoms with E-state index in [9.17, 15) is 9.90 Å². The van der Waals surface area contributed by atoms with Crippen LogP contribution in [0.3, 0.4) is 0 Å². The average Bonchev–Trinajstić information content (AvgIpc) is 2.47. The molecule has 3 heteroatoms. The van der Waals surface area contributed by atoms with Crippen molar-refractivity contribution in [3.63, 3.8) is 0 Å². The van der Waals surface area contributed by atoms with Crippen LogP contribution in [0.1, 0.15) is 45.1 Å². The van der Waals surface area contributed by atoms with E-state index >= 15 is 0 Å². The van der Waals surface area contributed by atoms with Gasteiger partial charge in [0.25, 0.3) is 0 Å². The van der Waals surface area contributed by atoms with Gasteiger partial charge in [-0.15, -0.1) is 0 Å². The highest BCUT2D eigenvalue weighted by molar-refractivity contribution is 5.91. The summed E-state index contributed by atoms with van der Waals surface area (Å²) in [5, 5.41) is 12.1. The predicted octanol–water partition coefficient (Wildman–Crippen LogP) is 3.74. The molecule has 0 radical (unpaired) electrons. The number of amides is 1. The normalized spacial score (nSPS) is 12.5. The van der Waals surface area contributed by atoms with Gasteiger partial charge in [0.15, 0.2) is 0 Å². The first-order chi connectivity index (χ1) is 9.65. The highest BCUT2D eigenvalue weighted by atomic mass is 16.3. The van der Waals surface area contributed by atoms with E-state index in [-0.39, 0.29) is 11.7 Å². The third-order valence-electron chi connectivity index (χ3n) is 3.43. The summed E-state index contributed by atoms with van der Waals surface area (Å²) >= 11 is 0. The minimum Gasteiger partial charge on any atom is -0.508 e. The minimum atomic E-state index is -0.0620. The van der Waals surface area contributed by atoms with Crippen molar-refractivity contribution in [3.8, 4) is 5.75 Å². The van der Waals surface area contributed by atoms with Crippen LogP contribution in [0.5, 0.6) is 5.75 Å². The summed E-state index contributed by atoms with van der Waals surface area (Å²) in [5.41, 5.74) is 0.899. The molecule has 0 saturated heterocycles. The van der Waals surface area contributed by atoms with Crippen molar-refractivity contribution >= 4 is 12.0 Å². The SMILES string of the molecule is CCCCC(CC)CNC(=O)C=Cc1ccc(O)cc1. The second-order valence-electron chi connectivity index (χ2n) is 5.09. The Hall–Kier alpha value is -1.77. The number of hydrogen-bond acceptors (Lipinski definition) is 2. The van der Waals surface area contributed by atoms with E-state index in [4.69, 9.17) is 0 Å². The van der Waals surface area contributed by atoms with Gasteiger partial charge in [-0.2, -0.15) is 0 Å². The summed E-state index contributed by atoms with van der Waals surface area (Å²) < 4.78 is 0. The molecular weight excluding hydrogens is 250 g/mol. The molecular formula is C17H25NO2. The number of carbonyl (C=O) groups excluding carboxylic acids is 1. The molecule has 0 bridgehead atoms. The predicted molar refractivity (Wildman–Crippen MR) is 83.5 cm³/mol. The van der Waals surface area contributed by atoms with E-state index in [1.165, 1.54) is 19.3 Å². The van der Waals surface area contributed by atoms with Crippen molar-refractivity contribution in [2.75, 3.05) is 6.54 Å². The smallest absolute Gasteiger partial charge is 0.244 e. The molecule has 0 heterocycles. The maximum Gasteiger partial charge on any atom is 0.244 e. The van der Waals surface area contributed by atoms with Crippen molar-refractivity contribution in [3.05, 3.63) is 35.9 Å². The molecule has 0 fully saturated rings. The first kappa shape index (κ1) is 16.3. The van der Waals surface area contributed by atoms with Crippen LogP contribution in [0.15, 0.2) is 30.3 Å². The van der Waals surface area contributed by atoms with E-state index in [0.717, 1.165) is 18.5 Å². The first-order valence-electron chi connectivity index (χ1n) is 7.40. The lowest BCUT2D eigenvalue weighted by Gasteiger charge is -2.14. The molecule has 1 amide bonds. The zero-order valence-electron chi connectivity index (χ0n) is 12.4. The number of unbranched alkanes of at least 4 members (excludes halogenated alkanes) is 1. The topological polar surface area (TPSA) is 49.3 Å². The Morgan fingerprint density at radius 3 is 2.60 bits per heavy atom. The number of nitrogens with one attached hydrogen (secondary N) is 1. The summed E-state index contributed by atoms with van der Waals surface area (Å²) in [6, 6.07) is 6.76. The molecule has 1 unspecified atom stereocenters. The molecule has 0 aliphatic heterocycles. The van der Waals surface area contributed by atoms with Gasteiger partial charge >= 0.3 is 0 Å². The van der Waals surface area contributed by atoms with Gasteiger partial charge in [0.1, 0.15) is 5.75 Å². The number of phenols is 1. The largest absolute Gasteiger partial charge is 0.508 e. The van der Waals surface area contributed by atoms with Gasteiger partial charge in [0.05, 0.1) is 0 Å². The van der Waals surface area contributed by atoms with E-state index < -0.39 is 0 Å². The second-order valence-corrected chi connectivity index (χ2v) is 5.09. The Balaban J connectivity index is 2.37. The lowest BCUT2D eigenvalue weighted by molar-refractivity contribution is -0.116. The number of benzene rings is 1. The molecule has 20 heavy (non-hydrogen) atoms. The van der Waals surface area contributed by atoms with Gasteiger partial charge in [-0.25, -0.2) is 0 Å². The maximum absolute atomic E-state index is 11.7. The van der Waals surface area contributed by atoms with Crippen LogP contribution in [-0.2, 0) is 4.79 Å². The summed E-state index contributed by atoms with van der Waals surface area (Å²) in [6.07, 6.45) is 7.99. The number of phenolic OH excluding ortho intramolecular Hbond substituents is 1. The van der Waals surface area contributed by atoms with Gasteiger partial charge in [0, 0.05) is 12.6 Å². The van der Waals surface area contributed by atoms with Crippen LogP contribution in [0.2, 0.25) is 0 Å². The highest BCUT2D eigenvalue weighted by Gasteiger charge is 2.06. The maximum atomic E-state index is 11.7. The fourth-order valence-electron chi connectivity index (χ4n) is 2.00. The van der Waals surface area contributed by atoms with Crippen molar-refractivity contribution in [2.45, 2.75) is 39.5 Å². The van der Waals surface area contributed by atoms with Gasteiger partial charge in [-0.05, 0) is 36.1 Å². The highest BCUT2D eigenvalue weighted by Crippen LogP contribution is 2.12. The number of carbonyl (C=O) groups is 1. The van der Waals surface area contributed by atoms with Crippen LogP contribution >= 0.6 is 0 Å². The summed E-state index contributed by atoms with van der Waals surface area (Å²) in [4.78, 5) is 11.7. The molecule has 0 aliphatic carbocycles. The Kier molecular flexibility index (Phi) is 7.48. The van der Waals surface area contributed by atoms with Crippen LogP contribution in [0.4, 0.5) is 0 Å². The molecule has 1 aromatic rings. The van der Waals surface area contributed by atoms with E-state index in [2.05, 4.69) is 19.2 Å². The lowest BCUT2D eigenvalue weighted by atomic mass is 9.99. The molecule has 0 aliphatic rings. The average molecular weight is 275 g/mol. The molecule has 3 nitrogen and oxygen atoms in total. The van der Waals surface area contributed by atoms with E-state index in [0.29, 0.717) is 5.92 Å². The van der Waals surface area contributed by atoms with Crippen LogP contribution in [0, 0.1) is 5.92 Å². The van der Waals surface area contributed by atoms with Gasteiger partial charge in [0.2, 0.25) is 5.91 Å². The third-order valence-corrected chi connectivity index (χ3v) is 3.43. The molecule has 0 aromatic heterocycles. The summed E-state index contributed by atoms with van der Waals surface area (Å²) in [5.74, 6) is 0.738. The Bertz CT molecular complexity index is 423. The van der Waals surface area contributed by atoms with Crippen molar-refractivity contribution < 1.29 is 9.90 Å². The molecule has 1 aromatic carbocycles. The van der Waals surface area contributed by atoms with Crippen molar-refractivity contribution in [1.82, 2.24) is 5.32 Å².